The zero-order valence-corrected chi connectivity index (χ0v) is 20.5. The third-order valence-corrected chi connectivity index (χ3v) is 6.88. The van der Waals surface area contributed by atoms with Crippen LogP contribution in [0.2, 0.25) is 0 Å². The molecule has 35 heavy (non-hydrogen) atoms. The quantitative estimate of drug-likeness (QED) is 0.320. The smallest absolute Gasteiger partial charge is 0.274 e. The molecule has 0 unspecified atom stereocenters. The van der Waals surface area contributed by atoms with E-state index in [2.05, 4.69) is 10.0 Å². The minimum Gasteiger partial charge on any atom is -0.494 e. The summed E-state index contributed by atoms with van der Waals surface area (Å²) in [6.07, 6.45) is 0.0793. The summed E-state index contributed by atoms with van der Waals surface area (Å²) < 4.78 is 34.4. The Hall–Kier alpha value is -3.76. The summed E-state index contributed by atoms with van der Waals surface area (Å²) >= 11 is 0. The molecule has 0 aromatic heterocycles. The molecule has 0 aliphatic carbocycles. The number of anilines is 1. The van der Waals surface area contributed by atoms with Crippen LogP contribution in [0.1, 0.15) is 23.6 Å². The minimum atomic E-state index is -4.08. The van der Waals surface area contributed by atoms with Gasteiger partial charge in [0, 0.05) is 6.07 Å². The highest BCUT2D eigenvalue weighted by Crippen LogP contribution is 2.26. The van der Waals surface area contributed by atoms with Gasteiger partial charge in [0.2, 0.25) is 15.9 Å². The van der Waals surface area contributed by atoms with Crippen molar-refractivity contribution in [1.82, 2.24) is 4.72 Å². The van der Waals surface area contributed by atoms with Crippen LogP contribution in [0.15, 0.2) is 71.6 Å². The van der Waals surface area contributed by atoms with Crippen LogP contribution in [0, 0.1) is 24.0 Å². The molecule has 3 aromatic rings. The molecule has 0 aliphatic rings. The van der Waals surface area contributed by atoms with E-state index in [1.807, 2.05) is 13.0 Å². The lowest BCUT2D eigenvalue weighted by Crippen LogP contribution is -2.45. The second-order valence-corrected chi connectivity index (χ2v) is 9.63. The van der Waals surface area contributed by atoms with Gasteiger partial charge >= 0.3 is 0 Å². The standard InChI is InChI=1S/C25H27N3O6S/c1-4-34-24-14-13-20(15-17(24)2)35(32,33)27-22(16-19-9-6-5-7-10-19)25(29)26-21-11-8-12-23(18(21)3)28(30)31/h5-15,22,27H,4,16H2,1-3H3,(H,26,29)/t22-/m0/s1. The summed E-state index contributed by atoms with van der Waals surface area (Å²) in [4.78, 5) is 24.0. The van der Waals surface area contributed by atoms with Crippen molar-refractivity contribution in [3.05, 3.63) is 93.5 Å². The van der Waals surface area contributed by atoms with E-state index in [9.17, 15) is 23.3 Å². The number of hydrogen-bond acceptors (Lipinski definition) is 6. The van der Waals surface area contributed by atoms with E-state index < -0.39 is 26.9 Å². The molecule has 2 N–H and O–H groups in total. The fourth-order valence-electron chi connectivity index (χ4n) is 3.58. The maximum Gasteiger partial charge on any atom is 0.274 e. The average molecular weight is 498 g/mol. The van der Waals surface area contributed by atoms with Crippen LogP contribution in [0.25, 0.3) is 0 Å². The molecule has 184 valence electrons. The largest absolute Gasteiger partial charge is 0.494 e. The average Bonchev–Trinajstić information content (AvgIpc) is 2.81. The van der Waals surface area contributed by atoms with Crippen LogP contribution in [0.4, 0.5) is 11.4 Å². The Morgan fingerprint density at radius 1 is 1.06 bits per heavy atom. The van der Waals surface area contributed by atoms with Crippen LogP contribution in [-0.2, 0) is 21.2 Å². The Labute approximate surface area is 204 Å². The molecule has 3 rings (SSSR count). The topological polar surface area (TPSA) is 128 Å². The van der Waals surface area contributed by atoms with Crippen molar-refractivity contribution in [2.75, 3.05) is 11.9 Å². The number of ether oxygens (including phenoxy) is 1. The molecular formula is C25H27N3O6S. The SMILES string of the molecule is CCOc1ccc(S(=O)(=O)N[C@@H](Cc2ccccc2)C(=O)Nc2cccc([N+](=O)[O-])c2C)cc1C. The Morgan fingerprint density at radius 3 is 2.40 bits per heavy atom. The summed E-state index contributed by atoms with van der Waals surface area (Å²) in [5.74, 6) is -0.0603. The molecule has 0 aliphatic heterocycles. The summed E-state index contributed by atoms with van der Waals surface area (Å²) in [7, 11) is -4.08. The Morgan fingerprint density at radius 2 is 1.77 bits per heavy atom. The number of nitrogens with one attached hydrogen (secondary N) is 2. The fraction of sp³-hybridized carbons (Fsp3) is 0.240. The molecule has 3 aromatic carbocycles. The van der Waals surface area contributed by atoms with Crippen LogP contribution in [-0.4, -0.2) is 31.9 Å². The number of aryl methyl sites for hydroxylation is 1. The van der Waals surface area contributed by atoms with Crippen LogP contribution in [0.5, 0.6) is 5.75 Å². The molecule has 1 atom stereocenters. The Kier molecular flexibility index (Phi) is 8.21. The van der Waals surface area contributed by atoms with Crippen molar-refractivity contribution in [1.29, 1.82) is 0 Å². The number of rotatable bonds is 10. The third kappa shape index (κ3) is 6.43. The van der Waals surface area contributed by atoms with Crippen molar-refractivity contribution in [3.8, 4) is 5.75 Å². The summed E-state index contributed by atoms with van der Waals surface area (Å²) in [6.45, 7) is 5.54. The first-order chi connectivity index (χ1) is 16.6. The summed E-state index contributed by atoms with van der Waals surface area (Å²) in [5, 5.41) is 13.9. The number of benzene rings is 3. The minimum absolute atomic E-state index is 0.00385. The van der Waals surface area contributed by atoms with Gasteiger partial charge in [-0.25, -0.2) is 8.42 Å². The molecule has 0 saturated carbocycles. The highest BCUT2D eigenvalue weighted by Gasteiger charge is 2.27. The lowest BCUT2D eigenvalue weighted by molar-refractivity contribution is -0.385. The third-order valence-electron chi connectivity index (χ3n) is 5.41. The van der Waals surface area contributed by atoms with Gasteiger partial charge in [0.1, 0.15) is 11.8 Å². The number of amides is 1. The molecule has 10 heteroatoms. The second-order valence-electron chi connectivity index (χ2n) is 7.92. The van der Waals surface area contributed by atoms with E-state index in [1.54, 1.807) is 37.3 Å². The number of hydrogen-bond donors (Lipinski definition) is 2. The lowest BCUT2D eigenvalue weighted by atomic mass is 10.1. The number of nitro groups is 1. The van der Waals surface area contributed by atoms with Gasteiger partial charge < -0.3 is 10.1 Å². The van der Waals surface area contributed by atoms with E-state index >= 15 is 0 Å². The van der Waals surface area contributed by atoms with Crippen LogP contribution >= 0.6 is 0 Å². The monoisotopic (exact) mass is 497 g/mol. The number of nitro benzene ring substituents is 1. The van der Waals surface area contributed by atoms with E-state index in [0.717, 1.165) is 5.56 Å². The number of nitrogens with zero attached hydrogens (tertiary/aromatic N) is 1. The van der Waals surface area contributed by atoms with Crippen molar-refractivity contribution in [2.24, 2.45) is 0 Å². The van der Waals surface area contributed by atoms with Gasteiger partial charge in [-0.2, -0.15) is 4.72 Å². The first kappa shape index (κ1) is 25.9. The Bertz CT molecular complexity index is 1330. The molecular weight excluding hydrogens is 470 g/mol. The van der Waals surface area contributed by atoms with E-state index in [4.69, 9.17) is 4.74 Å². The van der Waals surface area contributed by atoms with Crippen molar-refractivity contribution in [2.45, 2.75) is 38.1 Å². The number of sulfonamides is 1. The van der Waals surface area contributed by atoms with E-state index in [0.29, 0.717) is 17.9 Å². The fourth-order valence-corrected chi connectivity index (χ4v) is 4.86. The highest BCUT2D eigenvalue weighted by molar-refractivity contribution is 7.89. The molecule has 0 fully saturated rings. The molecule has 0 saturated heterocycles. The molecule has 0 bridgehead atoms. The normalized spacial score (nSPS) is 12.1. The zero-order valence-electron chi connectivity index (χ0n) is 19.6. The lowest BCUT2D eigenvalue weighted by Gasteiger charge is -2.20. The molecule has 0 spiro atoms. The number of carbonyl (C=O) groups is 1. The van der Waals surface area contributed by atoms with Gasteiger partial charge in [-0.3, -0.25) is 14.9 Å². The molecule has 9 nitrogen and oxygen atoms in total. The van der Waals surface area contributed by atoms with Crippen LogP contribution in [0.3, 0.4) is 0 Å². The zero-order chi connectivity index (χ0) is 25.6. The van der Waals surface area contributed by atoms with E-state index in [1.165, 1.54) is 37.3 Å². The van der Waals surface area contributed by atoms with Gasteiger partial charge in [-0.15, -0.1) is 0 Å². The van der Waals surface area contributed by atoms with Gasteiger partial charge in [0.05, 0.1) is 27.7 Å². The van der Waals surface area contributed by atoms with Gasteiger partial charge in [0.15, 0.2) is 0 Å². The summed E-state index contributed by atoms with van der Waals surface area (Å²) in [6, 6.07) is 16.6. The first-order valence-electron chi connectivity index (χ1n) is 11.0. The van der Waals surface area contributed by atoms with Gasteiger partial charge in [-0.1, -0.05) is 36.4 Å². The van der Waals surface area contributed by atoms with Gasteiger partial charge in [0.25, 0.3) is 5.69 Å². The second kappa shape index (κ2) is 11.1. The molecule has 1 amide bonds. The Balaban J connectivity index is 1.91. The first-order valence-corrected chi connectivity index (χ1v) is 12.4. The van der Waals surface area contributed by atoms with Crippen molar-refractivity contribution >= 4 is 27.3 Å². The molecule has 0 heterocycles. The predicted molar refractivity (Wildman–Crippen MR) is 133 cm³/mol. The van der Waals surface area contributed by atoms with Crippen molar-refractivity contribution in [3.63, 3.8) is 0 Å². The maximum absolute atomic E-state index is 13.2. The van der Waals surface area contributed by atoms with Crippen LogP contribution < -0.4 is 14.8 Å². The predicted octanol–water partition coefficient (Wildman–Crippen LogP) is 4.14. The number of carbonyl (C=O) groups excluding carboxylic acids is 1. The van der Waals surface area contributed by atoms with Gasteiger partial charge in [-0.05, 0) is 62.6 Å². The van der Waals surface area contributed by atoms with Crippen molar-refractivity contribution < 1.29 is 22.9 Å². The maximum atomic E-state index is 13.2. The molecule has 0 radical (unpaired) electrons. The van der Waals surface area contributed by atoms with E-state index in [-0.39, 0.29) is 28.3 Å². The highest BCUT2D eigenvalue weighted by atomic mass is 32.2. The summed E-state index contributed by atoms with van der Waals surface area (Å²) in [5.41, 5.74) is 1.75.